The number of sulfonamides is 1. The summed E-state index contributed by atoms with van der Waals surface area (Å²) in [5, 5.41) is 3.24. The lowest BCUT2D eigenvalue weighted by molar-refractivity contribution is -0.129. The Morgan fingerprint density at radius 1 is 1.04 bits per heavy atom. The molecule has 2 fully saturated rings. The fourth-order valence-electron chi connectivity index (χ4n) is 3.47. The quantitative estimate of drug-likeness (QED) is 0.749. The van der Waals surface area contributed by atoms with E-state index in [-0.39, 0.29) is 48.2 Å². The van der Waals surface area contributed by atoms with E-state index in [4.69, 9.17) is 0 Å². The molecule has 1 aromatic carbocycles. The van der Waals surface area contributed by atoms with Gasteiger partial charge in [-0.2, -0.15) is 4.31 Å². The van der Waals surface area contributed by atoms with Crippen molar-refractivity contribution in [1.29, 1.82) is 0 Å². The van der Waals surface area contributed by atoms with Crippen molar-refractivity contribution >= 4 is 34.2 Å². The molecule has 0 aromatic heterocycles. The van der Waals surface area contributed by atoms with Crippen LogP contribution in [0, 0.1) is 0 Å². The lowest BCUT2D eigenvalue weighted by atomic mass is 10.1. The summed E-state index contributed by atoms with van der Waals surface area (Å²) in [4.78, 5) is 27.7. The maximum Gasteiger partial charge on any atom is 0.254 e. The number of halogens is 1. The Morgan fingerprint density at radius 2 is 1.64 bits per heavy atom. The van der Waals surface area contributed by atoms with E-state index in [0.717, 1.165) is 13.1 Å². The van der Waals surface area contributed by atoms with Crippen LogP contribution in [0.4, 0.5) is 0 Å². The first kappa shape index (κ1) is 22.6. The summed E-state index contributed by atoms with van der Waals surface area (Å²) in [5.74, 6) is -0.125. The Kier molecular flexibility index (Phi) is 7.44. The SMILES string of the molecule is CC(=O)N1CCN(S(=O)(=O)c2ccc(C(=O)N3CCNCC3C)cc2)CC1.Cl. The third kappa shape index (κ3) is 4.65. The third-order valence-corrected chi connectivity index (χ3v) is 7.10. The summed E-state index contributed by atoms with van der Waals surface area (Å²) in [6, 6.07) is 6.25. The average molecular weight is 431 g/mol. The van der Waals surface area contributed by atoms with Crippen LogP contribution in [0.1, 0.15) is 24.2 Å². The highest BCUT2D eigenvalue weighted by molar-refractivity contribution is 7.89. The molecule has 8 nitrogen and oxygen atoms in total. The minimum Gasteiger partial charge on any atom is -0.340 e. The predicted octanol–water partition coefficient (Wildman–Crippen LogP) is 0.395. The van der Waals surface area contributed by atoms with Gasteiger partial charge in [-0.3, -0.25) is 9.59 Å². The van der Waals surface area contributed by atoms with Gasteiger partial charge in [0, 0.05) is 64.3 Å². The van der Waals surface area contributed by atoms with Crippen LogP contribution in [0.5, 0.6) is 0 Å². The van der Waals surface area contributed by atoms with Gasteiger partial charge >= 0.3 is 0 Å². The van der Waals surface area contributed by atoms with Crippen LogP contribution in [0.25, 0.3) is 0 Å². The topological polar surface area (TPSA) is 90.0 Å². The zero-order valence-corrected chi connectivity index (χ0v) is 17.8. The van der Waals surface area contributed by atoms with Crippen LogP contribution in [0.3, 0.4) is 0 Å². The number of carbonyl (C=O) groups excluding carboxylic acids is 2. The molecule has 156 valence electrons. The lowest BCUT2D eigenvalue weighted by Gasteiger charge is -2.34. The fraction of sp³-hybridized carbons (Fsp3) is 0.556. The van der Waals surface area contributed by atoms with Crippen LogP contribution < -0.4 is 5.32 Å². The summed E-state index contributed by atoms with van der Waals surface area (Å²) < 4.78 is 27.0. The van der Waals surface area contributed by atoms with E-state index >= 15 is 0 Å². The Hall–Kier alpha value is -1.68. The number of piperazine rings is 2. The van der Waals surface area contributed by atoms with E-state index in [1.54, 1.807) is 21.9 Å². The molecule has 3 rings (SSSR count). The highest BCUT2D eigenvalue weighted by Gasteiger charge is 2.30. The number of nitrogens with one attached hydrogen (secondary N) is 1. The second-order valence-corrected chi connectivity index (χ2v) is 8.92. The Labute approximate surface area is 172 Å². The molecule has 1 N–H and O–H groups in total. The summed E-state index contributed by atoms with van der Waals surface area (Å²) in [5.41, 5.74) is 0.490. The second-order valence-electron chi connectivity index (χ2n) is 6.99. The Bertz CT molecular complexity index is 807. The fourth-order valence-corrected chi connectivity index (χ4v) is 4.89. The van der Waals surface area contributed by atoms with E-state index in [1.165, 1.54) is 23.4 Å². The molecule has 0 aliphatic carbocycles. The molecule has 0 radical (unpaired) electrons. The van der Waals surface area contributed by atoms with Crippen LogP contribution in [0.15, 0.2) is 29.2 Å². The maximum atomic E-state index is 12.8. The predicted molar refractivity (Wildman–Crippen MR) is 108 cm³/mol. The standard InChI is InChI=1S/C18H26N4O4S.ClH/c1-14-13-19-7-8-22(14)18(24)16-3-5-17(6-4-16)27(25,26)21-11-9-20(10-12-21)15(2)23;/h3-6,14,19H,7-13H2,1-2H3;1H. The van der Waals surface area contributed by atoms with Gasteiger partial charge in [0.1, 0.15) is 0 Å². The number of hydrogen-bond donors (Lipinski definition) is 1. The molecular weight excluding hydrogens is 404 g/mol. The first-order chi connectivity index (χ1) is 12.8. The molecule has 2 aliphatic rings. The van der Waals surface area contributed by atoms with Crippen LogP contribution in [-0.4, -0.2) is 86.2 Å². The molecule has 1 unspecified atom stereocenters. The highest BCUT2D eigenvalue weighted by atomic mass is 35.5. The van der Waals surface area contributed by atoms with E-state index in [9.17, 15) is 18.0 Å². The molecule has 2 heterocycles. The minimum atomic E-state index is -3.63. The molecule has 2 aliphatic heterocycles. The van der Waals surface area contributed by atoms with Crippen molar-refractivity contribution in [2.24, 2.45) is 0 Å². The number of carbonyl (C=O) groups is 2. The zero-order valence-electron chi connectivity index (χ0n) is 16.1. The maximum absolute atomic E-state index is 12.8. The van der Waals surface area contributed by atoms with Crippen LogP contribution in [-0.2, 0) is 14.8 Å². The summed E-state index contributed by atoms with van der Waals surface area (Å²) in [6.45, 7) is 6.97. The molecule has 1 aromatic rings. The monoisotopic (exact) mass is 430 g/mol. The van der Waals surface area contributed by atoms with Gasteiger partial charge in [-0.25, -0.2) is 8.42 Å². The number of amides is 2. The molecule has 0 spiro atoms. The number of rotatable bonds is 3. The molecule has 2 saturated heterocycles. The van der Waals surface area contributed by atoms with Gasteiger partial charge in [0.15, 0.2) is 0 Å². The van der Waals surface area contributed by atoms with Crippen LogP contribution >= 0.6 is 12.4 Å². The summed E-state index contributed by atoms with van der Waals surface area (Å²) >= 11 is 0. The Balaban J connectivity index is 0.00000280. The second kappa shape index (κ2) is 9.21. The zero-order chi connectivity index (χ0) is 19.6. The molecule has 0 saturated carbocycles. The van der Waals surface area contributed by atoms with Gasteiger partial charge in [-0.05, 0) is 31.2 Å². The molecule has 28 heavy (non-hydrogen) atoms. The van der Waals surface area contributed by atoms with Crippen molar-refractivity contribution in [2.45, 2.75) is 24.8 Å². The van der Waals surface area contributed by atoms with Crippen molar-refractivity contribution in [1.82, 2.24) is 19.4 Å². The lowest BCUT2D eigenvalue weighted by Crippen LogP contribution is -2.52. The first-order valence-electron chi connectivity index (χ1n) is 9.18. The van der Waals surface area contributed by atoms with Crippen LogP contribution in [0.2, 0.25) is 0 Å². The van der Waals surface area contributed by atoms with E-state index < -0.39 is 10.0 Å². The smallest absolute Gasteiger partial charge is 0.254 e. The Morgan fingerprint density at radius 3 is 2.18 bits per heavy atom. The van der Waals surface area contributed by atoms with E-state index in [0.29, 0.717) is 25.2 Å². The summed E-state index contributed by atoms with van der Waals surface area (Å²) in [7, 11) is -3.63. The van der Waals surface area contributed by atoms with Crippen molar-refractivity contribution < 1.29 is 18.0 Å². The average Bonchev–Trinajstić information content (AvgIpc) is 2.68. The molecule has 0 bridgehead atoms. The van der Waals surface area contributed by atoms with Gasteiger partial charge in [0.2, 0.25) is 15.9 Å². The van der Waals surface area contributed by atoms with Crippen molar-refractivity contribution in [3.8, 4) is 0 Å². The summed E-state index contributed by atoms with van der Waals surface area (Å²) in [6.07, 6.45) is 0. The number of hydrogen-bond acceptors (Lipinski definition) is 5. The minimum absolute atomic E-state index is 0. The molecule has 2 amide bonds. The van der Waals surface area contributed by atoms with Crippen molar-refractivity contribution in [3.05, 3.63) is 29.8 Å². The van der Waals surface area contributed by atoms with Crippen molar-refractivity contribution in [3.63, 3.8) is 0 Å². The largest absolute Gasteiger partial charge is 0.340 e. The third-order valence-electron chi connectivity index (χ3n) is 5.19. The van der Waals surface area contributed by atoms with Gasteiger partial charge in [-0.1, -0.05) is 0 Å². The molecular formula is C18H27ClN4O4S. The van der Waals surface area contributed by atoms with Gasteiger partial charge in [0.05, 0.1) is 4.90 Å². The number of benzene rings is 1. The van der Waals surface area contributed by atoms with E-state index in [2.05, 4.69) is 5.32 Å². The number of nitrogens with zero attached hydrogens (tertiary/aromatic N) is 3. The normalized spacial score (nSPS) is 21.1. The van der Waals surface area contributed by atoms with E-state index in [1.807, 2.05) is 6.92 Å². The highest BCUT2D eigenvalue weighted by Crippen LogP contribution is 2.19. The first-order valence-corrected chi connectivity index (χ1v) is 10.6. The van der Waals surface area contributed by atoms with Gasteiger partial charge < -0.3 is 15.1 Å². The van der Waals surface area contributed by atoms with Gasteiger partial charge in [-0.15, -0.1) is 12.4 Å². The van der Waals surface area contributed by atoms with Gasteiger partial charge in [0.25, 0.3) is 5.91 Å². The molecule has 1 atom stereocenters. The van der Waals surface area contributed by atoms with Crippen molar-refractivity contribution in [2.75, 3.05) is 45.8 Å². The molecule has 10 heteroatoms.